The molecule has 5 nitrogen and oxygen atoms in total. The van der Waals surface area contributed by atoms with Gasteiger partial charge in [0.2, 0.25) is 5.91 Å². The number of carbonyl (C=O) groups is 1. The van der Waals surface area contributed by atoms with Crippen molar-refractivity contribution in [2.75, 3.05) is 31.2 Å². The molecule has 0 saturated heterocycles. The van der Waals surface area contributed by atoms with Gasteiger partial charge in [-0.1, -0.05) is 23.2 Å². The first kappa shape index (κ1) is 16.6. The van der Waals surface area contributed by atoms with Crippen LogP contribution in [0, 0.1) is 11.3 Å². The van der Waals surface area contributed by atoms with Crippen LogP contribution in [0.1, 0.15) is 12.8 Å². The largest absolute Gasteiger partial charge is 0.397 e. The van der Waals surface area contributed by atoms with E-state index in [1.54, 1.807) is 0 Å². The standard InChI is InChI=1S/C13H16Cl2N4O/c1-19(5-2-4-16)6-3-12(20)18-13-10(15)7-9(14)8-11(13)17/h7-8H,2-3,5-6,17H2,1H3,(H,18,20). The second-order valence-corrected chi connectivity index (χ2v) is 5.21. The quantitative estimate of drug-likeness (QED) is 0.791. The summed E-state index contributed by atoms with van der Waals surface area (Å²) in [5.41, 5.74) is 6.47. The highest BCUT2D eigenvalue weighted by Gasteiger charge is 2.11. The molecule has 1 aromatic carbocycles. The van der Waals surface area contributed by atoms with Gasteiger partial charge in [0.15, 0.2) is 0 Å². The Bertz CT molecular complexity index is 505. The Labute approximate surface area is 128 Å². The number of hydrogen-bond acceptors (Lipinski definition) is 4. The third-order valence-electron chi connectivity index (χ3n) is 2.68. The molecule has 1 amide bonds. The molecule has 0 aromatic heterocycles. The van der Waals surface area contributed by atoms with Crippen molar-refractivity contribution < 1.29 is 4.79 Å². The van der Waals surface area contributed by atoms with E-state index < -0.39 is 0 Å². The Morgan fingerprint density at radius 1 is 1.45 bits per heavy atom. The normalized spacial score (nSPS) is 10.3. The Morgan fingerprint density at radius 3 is 2.75 bits per heavy atom. The predicted octanol–water partition coefficient (Wildman–Crippen LogP) is 2.75. The third-order valence-corrected chi connectivity index (χ3v) is 3.19. The highest BCUT2D eigenvalue weighted by Crippen LogP contribution is 2.32. The van der Waals surface area contributed by atoms with Crippen molar-refractivity contribution >= 4 is 40.5 Å². The van der Waals surface area contributed by atoms with Gasteiger partial charge in [-0.15, -0.1) is 0 Å². The lowest BCUT2D eigenvalue weighted by atomic mass is 10.2. The summed E-state index contributed by atoms with van der Waals surface area (Å²) in [5, 5.41) is 11.9. The zero-order chi connectivity index (χ0) is 15.1. The van der Waals surface area contributed by atoms with Crippen LogP contribution in [0.2, 0.25) is 10.0 Å². The van der Waals surface area contributed by atoms with Gasteiger partial charge in [-0.2, -0.15) is 5.26 Å². The van der Waals surface area contributed by atoms with E-state index in [1.165, 1.54) is 12.1 Å². The van der Waals surface area contributed by atoms with Gasteiger partial charge in [-0.05, 0) is 19.2 Å². The highest BCUT2D eigenvalue weighted by atomic mass is 35.5. The van der Waals surface area contributed by atoms with Crippen molar-refractivity contribution in [1.29, 1.82) is 5.26 Å². The number of nitrogen functional groups attached to an aromatic ring is 1. The highest BCUT2D eigenvalue weighted by molar-refractivity contribution is 6.37. The van der Waals surface area contributed by atoms with Crippen molar-refractivity contribution in [3.63, 3.8) is 0 Å². The Morgan fingerprint density at radius 2 is 2.15 bits per heavy atom. The molecular formula is C13H16Cl2N4O. The van der Waals surface area contributed by atoms with E-state index in [0.717, 1.165) is 0 Å². The number of benzene rings is 1. The number of nitriles is 1. The number of hydrogen-bond donors (Lipinski definition) is 2. The van der Waals surface area contributed by atoms with E-state index in [-0.39, 0.29) is 5.91 Å². The first-order valence-electron chi connectivity index (χ1n) is 6.04. The van der Waals surface area contributed by atoms with Crippen LogP contribution in [0.25, 0.3) is 0 Å². The van der Waals surface area contributed by atoms with Gasteiger partial charge >= 0.3 is 0 Å². The summed E-state index contributed by atoms with van der Waals surface area (Å²) in [6.45, 7) is 1.19. The summed E-state index contributed by atoms with van der Waals surface area (Å²) in [7, 11) is 1.86. The molecule has 0 atom stereocenters. The first-order chi connectivity index (χ1) is 9.43. The number of rotatable bonds is 6. The van der Waals surface area contributed by atoms with E-state index in [2.05, 4.69) is 11.4 Å². The van der Waals surface area contributed by atoms with Crippen molar-refractivity contribution in [2.45, 2.75) is 12.8 Å². The molecule has 1 rings (SSSR count). The molecule has 0 aliphatic carbocycles. The summed E-state index contributed by atoms with van der Waals surface area (Å²) in [6, 6.07) is 5.11. The fourth-order valence-electron chi connectivity index (χ4n) is 1.57. The van der Waals surface area contributed by atoms with Gasteiger partial charge in [-0.25, -0.2) is 0 Å². The fourth-order valence-corrected chi connectivity index (χ4v) is 2.13. The van der Waals surface area contributed by atoms with Gasteiger partial charge in [0.05, 0.1) is 22.5 Å². The lowest BCUT2D eigenvalue weighted by Crippen LogP contribution is -2.25. The first-order valence-corrected chi connectivity index (χ1v) is 6.79. The minimum absolute atomic E-state index is 0.190. The molecule has 0 spiro atoms. The maximum absolute atomic E-state index is 11.8. The monoisotopic (exact) mass is 314 g/mol. The molecule has 0 fully saturated rings. The smallest absolute Gasteiger partial charge is 0.225 e. The van der Waals surface area contributed by atoms with Crippen LogP contribution >= 0.6 is 23.2 Å². The summed E-state index contributed by atoms with van der Waals surface area (Å²) < 4.78 is 0. The number of halogens is 2. The molecule has 3 N–H and O–H groups in total. The van der Waals surface area contributed by atoms with Crippen LogP contribution in [-0.2, 0) is 4.79 Å². The summed E-state index contributed by atoms with van der Waals surface area (Å²) in [6.07, 6.45) is 0.731. The number of nitrogens with zero attached hydrogens (tertiary/aromatic N) is 2. The van der Waals surface area contributed by atoms with Crippen molar-refractivity contribution in [2.24, 2.45) is 0 Å². The molecule has 7 heteroatoms. The number of nitrogens with one attached hydrogen (secondary N) is 1. The number of amides is 1. The zero-order valence-electron chi connectivity index (χ0n) is 11.1. The lowest BCUT2D eigenvalue weighted by Gasteiger charge is -2.15. The van der Waals surface area contributed by atoms with Crippen LogP contribution in [0.4, 0.5) is 11.4 Å². The molecule has 0 heterocycles. The molecule has 0 radical (unpaired) electrons. The van der Waals surface area contributed by atoms with Gasteiger partial charge in [0.25, 0.3) is 0 Å². The molecule has 1 aromatic rings. The summed E-state index contributed by atoms with van der Waals surface area (Å²) in [4.78, 5) is 13.7. The van der Waals surface area contributed by atoms with Crippen LogP contribution in [-0.4, -0.2) is 30.9 Å². The summed E-state index contributed by atoms with van der Waals surface area (Å²) in [5.74, 6) is -0.190. The second kappa shape index (κ2) is 7.95. The van der Waals surface area contributed by atoms with Crippen molar-refractivity contribution in [1.82, 2.24) is 4.90 Å². The van der Waals surface area contributed by atoms with Crippen LogP contribution in [0.5, 0.6) is 0 Å². The molecular weight excluding hydrogens is 299 g/mol. The maximum atomic E-state index is 11.8. The fraction of sp³-hybridized carbons (Fsp3) is 0.385. The third kappa shape index (κ3) is 5.25. The van der Waals surface area contributed by atoms with Crippen LogP contribution in [0.3, 0.4) is 0 Å². The molecule has 0 aliphatic rings. The van der Waals surface area contributed by atoms with E-state index in [4.69, 9.17) is 34.2 Å². The van der Waals surface area contributed by atoms with Crippen molar-refractivity contribution in [3.05, 3.63) is 22.2 Å². The maximum Gasteiger partial charge on any atom is 0.225 e. The molecule has 0 unspecified atom stereocenters. The number of nitrogens with two attached hydrogens (primary N) is 1. The number of anilines is 2. The number of carbonyl (C=O) groups excluding carboxylic acids is 1. The van der Waals surface area contributed by atoms with Gasteiger partial charge < -0.3 is 16.0 Å². The Hall–Kier alpha value is -1.48. The van der Waals surface area contributed by atoms with E-state index in [0.29, 0.717) is 47.4 Å². The van der Waals surface area contributed by atoms with Crippen LogP contribution < -0.4 is 11.1 Å². The van der Waals surface area contributed by atoms with E-state index in [9.17, 15) is 4.79 Å². The topological polar surface area (TPSA) is 82.2 Å². The van der Waals surface area contributed by atoms with E-state index in [1.807, 2.05) is 11.9 Å². The minimum atomic E-state index is -0.190. The Kier molecular flexibility index (Phi) is 6.59. The van der Waals surface area contributed by atoms with Gasteiger partial charge in [0.1, 0.15) is 0 Å². The minimum Gasteiger partial charge on any atom is -0.397 e. The second-order valence-electron chi connectivity index (χ2n) is 4.36. The average molecular weight is 315 g/mol. The van der Waals surface area contributed by atoms with Gasteiger partial charge in [0, 0.05) is 31.0 Å². The predicted molar refractivity (Wildman–Crippen MR) is 81.8 cm³/mol. The van der Waals surface area contributed by atoms with Crippen LogP contribution in [0.15, 0.2) is 12.1 Å². The van der Waals surface area contributed by atoms with Gasteiger partial charge in [-0.3, -0.25) is 4.79 Å². The molecule has 0 aliphatic heterocycles. The molecule has 0 saturated carbocycles. The Balaban J connectivity index is 2.53. The van der Waals surface area contributed by atoms with E-state index >= 15 is 0 Å². The summed E-state index contributed by atoms with van der Waals surface area (Å²) >= 11 is 11.8. The molecule has 20 heavy (non-hydrogen) atoms. The SMILES string of the molecule is CN(CCC#N)CCC(=O)Nc1c(N)cc(Cl)cc1Cl. The van der Waals surface area contributed by atoms with Crippen molar-refractivity contribution in [3.8, 4) is 6.07 Å². The molecule has 108 valence electrons. The average Bonchev–Trinajstić information content (AvgIpc) is 2.38. The zero-order valence-corrected chi connectivity index (χ0v) is 12.6. The molecule has 0 bridgehead atoms. The lowest BCUT2D eigenvalue weighted by molar-refractivity contribution is -0.116.